The molecule has 0 aromatic carbocycles. The number of carbonyl (C=O) groups is 1. The summed E-state index contributed by atoms with van der Waals surface area (Å²) in [5.41, 5.74) is 1.34. The van der Waals surface area contributed by atoms with E-state index in [1.54, 1.807) is 13.8 Å². The molecule has 0 bridgehead atoms. The minimum Gasteiger partial charge on any atom is -0.466 e. The van der Waals surface area contributed by atoms with Crippen molar-refractivity contribution in [1.29, 1.82) is 0 Å². The maximum absolute atomic E-state index is 11.2. The molecule has 0 unspecified atom stereocenters. The van der Waals surface area contributed by atoms with Gasteiger partial charge in [-0.25, -0.2) is 9.97 Å². The highest BCUT2D eigenvalue weighted by Crippen LogP contribution is 2.15. The first-order valence-corrected chi connectivity index (χ1v) is 4.64. The topological polar surface area (TPSA) is 52.1 Å². The molecule has 0 aliphatic rings. The van der Waals surface area contributed by atoms with Crippen LogP contribution in [-0.4, -0.2) is 22.5 Å². The van der Waals surface area contributed by atoms with Crippen LogP contribution in [0.25, 0.3) is 0 Å². The Labute approximate surface area is 87.3 Å². The van der Waals surface area contributed by atoms with E-state index in [0.29, 0.717) is 23.0 Å². The summed E-state index contributed by atoms with van der Waals surface area (Å²) in [6.45, 7) is 3.90. The van der Waals surface area contributed by atoms with Crippen LogP contribution in [0.15, 0.2) is 6.33 Å². The molecule has 0 aliphatic carbocycles. The van der Waals surface area contributed by atoms with Gasteiger partial charge in [0.05, 0.1) is 13.0 Å². The van der Waals surface area contributed by atoms with E-state index in [0.717, 1.165) is 0 Å². The third-order valence-electron chi connectivity index (χ3n) is 1.73. The highest BCUT2D eigenvalue weighted by atomic mass is 35.5. The summed E-state index contributed by atoms with van der Waals surface area (Å²) in [4.78, 5) is 18.9. The Morgan fingerprint density at radius 1 is 1.57 bits per heavy atom. The molecular formula is C9H11ClN2O2. The smallest absolute Gasteiger partial charge is 0.310 e. The fourth-order valence-electron chi connectivity index (χ4n) is 1.03. The maximum Gasteiger partial charge on any atom is 0.310 e. The van der Waals surface area contributed by atoms with Gasteiger partial charge in [-0.05, 0) is 13.8 Å². The average molecular weight is 215 g/mol. The monoisotopic (exact) mass is 214 g/mol. The van der Waals surface area contributed by atoms with Crippen molar-refractivity contribution < 1.29 is 9.53 Å². The Hall–Kier alpha value is -1.16. The van der Waals surface area contributed by atoms with E-state index in [4.69, 9.17) is 16.3 Å². The summed E-state index contributed by atoms with van der Waals surface area (Å²) in [5.74, 6) is -0.313. The first-order chi connectivity index (χ1) is 6.65. The Morgan fingerprint density at radius 3 is 2.86 bits per heavy atom. The van der Waals surface area contributed by atoms with Gasteiger partial charge in [0.2, 0.25) is 0 Å². The van der Waals surface area contributed by atoms with Crippen LogP contribution in [0.2, 0.25) is 5.15 Å². The lowest BCUT2D eigenvalue weighted by atomic mass is 10.2. The van der Waals surface area contributed by atoms with Gasteiger partial charge in [-0.2, -0.15) is 0 Å². The maximum atomic E-state index is 11.2. The Kier molecular flexibility index (Phi) is 3.83. The van der Waals surface area contributed by atoms with Gasteiger partial charge >= 0.3 is 5.97 Å². The Morgan fingerprint density at radius 2 is 2.29 bits per heavy atom. The molecule has 0 N–H and O–H groups in total. The number of aryl methyl sites for hydroxylation is 1. The van der Waals surface area contributed by atoms with Gasteiger partial charge in [0.1, 0.15) is 11.5 Å². The molecule has 76 valence electrons. The molecule has 0 aliphatic heterocycles. The molecule has 1 aromatic rings. The summed E-state index contributed by atoms with van der Waals surface area (Å²) >= 11 is 5.81. The zero-order valence-corrected chi connectivity index (χ0v) is 8.84. The van der Waals surface area contributed by atoms with Crippen LogP contribution >= 0.6 is 11.6 Å². The molecule has 0 amide bonds. The molecule has 1 rings (SSSR count). The van der Waals surface area contributed by atoms with Crippen molar-refractivity contribution in [2.24, 2.45) is 0 Å². The van der Waals surface area contributed by atoms with Gasteiger partial charge < -0.3 is 4.74 Å². The van der Waals surface area contributed by atoms with Gasteiger partial charge in [-0.1, -0.05) is 11.6 Å². The lowest BCUT2D eigenvalue weighted by Crippen LogP contribution is -2.10. The standard InChI is InChI=1S/C9H11ClN2O2/c1-3-14-8(13)4-7-6(2)11-5-12-9(7)10/h5H,3-4H2,1-2H3. The first-order valence-electron chi connectivity index (χ1n) is 4.26. The van der Waals surface area contributed by atoms with Gasteiger partial charge in [-0.15, -0.1) is 0 Å². The third kappa shape index (κ3) is 2.67. The quantitative estimate of drug-likeness (QED) is 0.566. The zero-order chi connectivity index (χ0) is 10.6. The second-order valence-electron chi connectivity index (χ2n) is 2.71. The molecule has 4 nitrogen and oxygen atoms in total. The first kappa shape index (κ1) is 10.9. The summed E-state index contributed by atoms with van der Waals surface area (Å²) in [5, 5.41) is 0.311. The molecular weight excluding hydrogens is 204 g/mol. The average Bonchev–Trinajstić information content (AvgIpc) is 2.12. The molecule has 14 heavy (non-hydrogen) atoms. The van der Waals surface area contributed by atoms with Gasteiger partial charge in [0.15, 0.2) is 0 Å². The van der Waals surface area contributed by atoms with Crippen LogP contribution in [0, 0.1) is 6.92 Å². The highest BCUT2D eigenvalue weighted by molar-refractivity contribution is 6.30. The zero-order valence-electron chi connectivity index (χ0n) is 8.08. The van der Waals surface area contributed by atoms with E-state index in [1.165, 1.54) is 6.33 Å². The van der Waals surface area contributed by atoms with E-state index in [1.807, 2.05) is 0 Å². The predicted molar refractivity (Wildman–Crippen MR) is 52.1 cm³/mol. The van der Waals surface area contributed by atoms with Crippen molar-refractivity contribution in [1.82, 2.24) is 9.97 Å². The summed E-state index contributed by atoms with van der Waals surface area (Å²) in [7, 11) is 0. The number of carbonyl (C=O) groups excluding carboxylic acids is 1. The number of aromatic nitrogens is 2. The van der Waals surface area contributed by atoms with Gasteiger partial charge in [0.25, 0.3) is 0 Å². The predicted octanol–water partition coefficient (Wildman–Crippen LogP) is 1.54. The second kappa shape index (κ2) is 4.91. The van der Waals surface area contributed by atoms with Crippen LogP contribution in [0.3, 0.4) is 0 Å². The summed E-state index contributed by atoms with van der Waals surface area (Å²) in [6, 6.07) is 0. The molecule has 0 fully saturated rings. The fourth-order valence-corrected chi connectivity index (χ4v) is 1.28. The normalized spacial score (nSPS) is 9.93. The molecule has 5 heteroatoms. The largest absolute Gasteiger partial charge is 0.466 e. The number of ether oxygens (including phenoxy) is 1. The molecule has 0 spiro atoms. The molecule has 1 heterocycles. The molecule has 0 saturated carbocycles. The molecule has 0 radical (unpaired) electrons. The van der Waals surface area contributed by atoms with Crippen LogP contribution in [0.4, 0.5) is 0 Å². The molecule has 1 aromatic heterocycles. The van der Waals surface area contributed by atoms with Gasteiger partial charge in [0, 0.05) is 11.3 Å². The van der Waals surface area contributed by atoms with Crippen molar-refractivity contribution in [3.63, 3.8) is 0 Å². The van der Waals surface area contributed by atoms with Crippen molar-refractivity contribution in [2.75, 3.05) is 6.61 Å². The number of hydrogen-bond donors (Lipinski definition) is 0. The van der Waals surface area contributed by atoms with E-state index in [9.17, 15) is 4.79 Å². The number of esters is 1. The van der Waals surface area contributed by atoms with Crippen molar-refractivity contribution in [3.8, 4) is 0 Å². The number of halogens is 1. The van der Waals surface area contributed by atoms with E-state index in [2.05, 4.69) is 9.97 Å². The molecule has 0 saturated heterocycles. The summed E-state index contributed by atoms with van der Waals surface area (Å²) in [6.07, 6.45) is 1.49. The SMILES string of the molecule is CCOC(=O)Cc1c(C)ncnc1Cl. The minimum absolute atomic E-state index is 0.124. The van der Waals surface area contributed by atoms with Crippen LogP contribution in [0.5, 0.6) is 0 Å². The number of hydrogen-bond acceptors (Lipinski definition) is 4. The third-order valence-corrected chi connectivity index (χ3v) is 2.06. The lowest BCUT2D eigenvalue weighted by Gasteiger charge is -2.05. The van der Waals surface area contributed by atoms with Crippen LogP contribution < -0.4 is 0 Å². The minimum atomic E-state index is -0.313. The van der Waals surface area contributed by atoms with Crippen LogP contribution in [-0.2, 0) is 16.0 Å². The highest BCUT2D eigenvalue weighted by Gasteiger charge is 2.11. The van der Waals surface area contributed by atoms with Crippen molar-refractivity contribution in [2.45, 2.75) is 20.3 Å². The Bertz CT molecular complexity index is 321. The van der Waals surface area contributed by atoms with E-state index >= 15 is 0 Å². The number of rotatable bonds is 3. The number of nitrogens with zero attached hydrogens (tertiary/aromatic N) is 2. The Balaban J connectivity index is 2.80. The van der Waals surface area contributed by atoms with E-state index < -0.39 is 0 Å². The van der Waals surface area contributed by atoms with Crippen molar-refractivity contribution in [3.05, 3.63) is 22.7 Å². The summed E-state index contributed by atoms with van der Waals surface area (Å²) < 4.78 is 4.80. The fraction of sp³-hybridized carbons (Fsp3) is 0.444. The van der Waals surface area contributed by atoms with Crippen molar-refractivity contribution >= 4 is 17.6 Å². The molecule has 0 atom stereocenters. The van der Waals surface area contributed by atoms with Crippen LogP contribution in [0.1, 0.15) is 18.2 Å². The van der Waals surface area contributed by atoms with Gasteiger partial charge in [-0.3, -0.25) is 4.79 Å². The van der Waals surface area contributed by atoms with E-state index in [-0.39, 0.29) is 12.4 Å². The lowest BCUT2D eigenvalue weighted by molar-refractivity contribution is -0.142. The second-order valence-corrected chi connectivity index (χ2v) is 3.07.